The number of ether oxygens (including phenoxy) is 1. The molecule has 1 aliphatic heterocycles. The Kier molecular flexibility index (Phi) is 5.31. The number of likely N-dealkylation sites (tertiary alicyclic amines) is 1. The van der Waals surface area contributed by atoms with Gasteiger partial charge in [-0.15, -0.1) is 0 Å². The number of hydrogen-bond acceptors (Lipinski definition) is 3. The Balaban J connectivity index is 2.14. The van der Waals surface area contributed by atoms with Crippen LogP contribution in [0.25, 0.3) is 0 Å². The molecule has 0 aromatic heterocycles. The summed E-state index contributed by atoms with van der Waals surface area (Å²) in [5.74, 6) is 0. The predicted octanol–water partition coefficient (Wildman–Crippen LogP) is 4.58. The molecule has 1 aromatic rings. The number of nitrogens with zero attached hydrogens (tertiary/aromatic N) is 1. The first-order valence-corrected chi connectivity index (χ1v) is 8.27. The maximum atomic E-state index is 13.0. The van der Waals surface area contributed by atoms with Gasteiger partial charge in [0.25, 0.3) is 0 Å². The number of carbonyl (C=O) groups is 1. The Morgan fingerprint density at radius 1 is 1.24 bits per heavy atom. The maximum absolute atomic E-state index is 13.0. The Labute approximate surface area is 149 Å². The van der Waals surface area contributed by atoms with Crippen LogP contribution >= 0.6 is 11.6 Å². The highest BCUT2D eigenvalue weighted by atomic mass is 35.5. The van der Waals surface area contributed by atoms with Crippen molar-refractivity contribution in [1.29, 1.82) is 0 Å². The standard InChI is InChI=1S/C17H21ClF3NO3/c1-15(2,3)25-14(23)22-8-6-16(24,7-9-22)11-4-5-13(18)12(10-11)17(19,20)21/h4-5,10,24H,6-9H2,1-3H3. The minimum atomic E-state index is -4.60. The third-order valence-corrected chi connectivity index (χ3v) is 4.38. The molecule has 1 heterocycles. The molecule has 1 amide bonds. The number of piperidine rings is 1. The quantitative estimate of drug-likeness (QED) is 0.777. The highest BCUT2D eigenvalue weighted by molar-refractivity contribution is 6.31. The summed E-state index contributed by atoms with van der Waals surface area (Å²) < 4.78 is 44.3. The number of hydrogen-bond donors (Lipinski definition) is 1. The van der Waals surface area contributed by atoms with E-state index >= 15 is 0 Å². The van der Waals surface area contributed by atoms with E-state index in [1.54, 1.807) is 20.8 Å². The number of halogens is 4. The summed E-state index contributed by atoms with van der Waals surface area (Å²) in [6.45, 7) is 5.62. The van der Waals surface area contributed by atoms with Crippen LogP contribution in [0.2, 0.25) is 5.02 Å². The SMILES string of the molecule is CC(C)(C)OC(=O)N1CCC(O)(c2ccc(Cl)c(C(F)(F)F)c2)CC1. The summed E-state index contributed by atoms with van der Waals surface area (Å²) in [6.07, 6.45) is -4.86. The molecule has 0 unspecified atom stereocenters. The molecule has 0 aliphatic carbocycles. The number of alkyl halides is 3. The fraction of sp³-hybridized carbons (Fsp3) is 0.588. The van der Waals surface area contributed by atoms with Crippen molar-refractivity contribution in [2.24, 2.45) is 0 Å². The van der Waals surface area contributed by atoms with Crippen LogP contribution in [0.5, 0.6) is 0 Å². The summed E-state index contributed by atoms with van der Waals surface area (Å²) in [5.41, 5.74) is -2.91. The van der Waals surface area contributed by atoms with Crippen LogP contribution in [0.1, 0.15) is 44.7 Å². The van der Waals surface area contributed by atoms with Crippen molar-refractivity contribution >= 4 is 17.7 Å². The van der Waals surface area contributed by atoms with Gasteiger partial charge in [0, 0.05) is 13.1 Å². The highest BCUT2D eigenvalue weighted by Gasteiger charge is 2.39. The summed E-state index contributed by atoms with van der Waals surface area (Å²) >= 11 is 5.62. The molecule has 1 aliphatic rings. The number of benzene rings is 1. The van der Waals surface area contributed by atoms with Gasteiger partial charge in [-0.05, 0) is 51.3 Å². The zero-order valence-corrected chi connectivity index (χ0v) is 15.0. The van der Waals surface area contributed by atoms with Crippen LogP contribution in [0.4, 0.5) is 18.0 Å². The van der Waals surface area contributed by atoms with Crippen molar-refractivity contribution in [1.82, 2.24) is 4.90 Å². The summed E-state index contributed by atoms with van der Waals surface area (Å²) in [6, 6.07) is 3.41. The number of aliphatic hydroxyl groups is 1. The van der Waals surface area contributed by atoms with E-state index in [1.807, 2.05) is 0 Å². The van der Waals surface area contributed by atoms with E-state index in [0.29, 0.717) is 0 Å². The minimum absolute atomic E-state index is 0.116. The first kappa shape index (κ1) is 19.8. The van der Waals surface area contributed by atoms with E-state index in [4.69, 9.17) is 16.3 Å². The Hall–Kier alpha value is -1.47. The van der Waals surface area contributed by atoms with Gasteiger partial charge < -0.3 is 14.7 Å². The van der Waals surface area contributed by atoms with Crippen LogP contribution < -0.4 is 0 Å². The fourth-order valence-corrected chi connectivity index (χ4v) is 2.93. The van der Waals surface area contributed by atoms with E-state index in [2.05, 4.69) is 0 Å². The van der Waals surface area contributed by atoms with Crippen LogP contribution in [0.15, 0.2) is 18.2 Å². The number of amides is 1. The second-order valence-electron chi connectivity index (χ2n) is 7.19. The van der Waals surface area contributed by atoms with Crippen LogP contribution in [0, 0.1) is 0 Å². The Morgan fingerprint density at radius 3 is 2.28 bits per heavy atom. The molecule has 140 valence electrons. The van der Waals surface area contributed by atoms with Crippen molar-refractivity contribution in [3.8, 4) is 0 Å². The van der Waals surface area contributed by atoms with Crippen molar-refractivity contribution < 1.29 is 27.8 Å². The second kappa shape index (κ2) is 6.68. The second-order valence-corrected chi connectivity index (χ2v) is 7.60. The first-order valence-electron chi connectivity index (χ1n) is 7.89. The number of carbonyl (C=O) groups excluding carboxylic acids is 1. The maximum Gasteiger partial charge on any atom is 0.417 e. The largest absolute Gasteiger partial charge is 0.444 e. The number of rotatable bonds is 1. The fourth-order valence-electron chi connectivity index (χ4n) is 2.71. The highest BCUT2D eigenvalue weighted by Crippen LogP contribution is 2.40. The normalized spacial score (nSPS) is 18.2. The molecular formula is C17H21ClF3NO3. The van der Waals surface area contributed by atoms with Gasteiger partial charge in [0.2, 0.25) is 0 Å². The Morgan fingerprint density at radius 2 is 1.80 bits per heavy atom. The van der Waals surface area contributed by atoms with Crippen molar-refractivity contribution in [3.05, 3.63) is 34.3 Å². The molecule has 1 N–H and O–H groups in total. The lowest BCUT2D eigenvalue weighted by Gasteiger charge is -2.39. The lowest BCUT2D eigenvalue weighted by Crippen LogP contribution is -2.46. The average molecular weight is 380 g/mol. The van der Waals surface area contributed by atoms with Crippen LogP contribution in [-0.4, -0.2) is 34.8 Å². The van der Waals surface area contributed by atoms with E-state index < -0.39 is 34.1 Å². The van der Waals surface area contributed by atoms with Crippen molar-refractivity contribution in [3.63, 3.8) is 0 Å². The zero-order valence-electron chi connectivity index (χ0n) is 14.3. The molecular weight excluding hydrogens is 359 g/mol. The molecule has 0 radical (unpaired) electrons. The molecule has 1 fully saturated rings. The molecule has 1 saturated heterocycles. The lowest BCUT2D eigenvalue weighted by atomic mass is 9.84. The van der Waals surface area contributed by atoms with Crippen molar-refractivity contribution in [2.75, 3.05) is 13.1 Å². The average Bonchev–Trinajstić information content (AvgIpc) is 2.45. The summed E-state index contributed by atoms with van der Waals surface area (Å²) in [4.78, 5) is 13.5. The molecule has 4 nitrogen and oxygen atoms in total. The minimum Gasteiger partial charge on any atom is -0.444 e. The lowest BCUT2D eigenvalue weighted by molar-refractivity contribution is -0.137. The molecule has 1 aromatic carbocycles. The first-order chi connectivity index (χ1) is 11.3. The molecule has 25 heavy (non-hydrogen) atoms. The van der Waals surface area contributed by atoms with Gasteiger partial charge in [-0.2, -0.15) is 13.2 Å². The third-order valence-electron chi connectivity index (χ3n) is 4.05. The van der Waals surface area contributed by atoms with E-state index in [-0.39, 0.29) is 31.5 Å². The van der Waals surface area contributed by atoms with Gasteiger partial charge in [0.15, 0.2) is 0 Å². The van der Waals surface area contributed by atoms with Crippen LogP contribution in [0.3, 0.4) is 0 Å². The van der Waals surface area contributed by atoms with Crippen LogP contribution in [-0.2, 0) is 16.5 Å². The van der Waals surface area contributed by atoms with Gasteiger partial charge in [0.05, 0.1) is 16.2 Å². The van der Waals surface area contributed by atoms with Gasteiger partial charge >= 0.3 is 12.3 Å². The van der Waals surface area contributed by atoms with E-state index in [1.165, 1.54) is 11.0 Å². The Bertz CT molecular complexity index is 648. The molecule has 0 saturated carbocycles. The molecule has 0 bridgehead atoms. The molecule has 0 spiro atoms. The van der Waals surface area contributed by atoms with Gasteiger partial charge in [0.1, 0.15) is 5.60 Å². The molecule has 8 heteroatoms. The van der Waals surface area contributed by atoms with E-state index in [9.17, 15) is 23.1 Å². The summed E-state index contributed by atoms with van der Waals surface area (Å²) in [5, 5.41) is 10.4. The van der Waals surface area contributed by atoms with Gasteiger partial charge in [-0.25, -0.2) is 4.79 Å². The van der Waals surface area contributed by atoms with Crippen molar-refractivity contribution in [2.45, 2.75) is 51.0 Å². The monoisotopic (exact) mass is 379 g/mol. The topological polar surface area (TPSA) is 49.8 Å². The van der Waals surface area contributed by atoms with Gasteiger partial charge in [-0.3, -0.25) is 0 Å². The van der Waals surface area contributed by atoms with Gasteiger partial charge in [-0.1, -0.05) is 17.7 Å². The zero-order chi connectivity index (χ0) is 19.0. The smallest absolute Gasteiger partial charge is 0.417 e. The predicted molar refractivity (Wildman–Crippen MR) is 87.4 cm³/mol. The van der Waals surface area contributed by atoms with E-state index in [0.717, 1.165) is 12.1 Å². The molecule has 2 rings (SSSR count). The third kappa shape index (κ3) is 4.79. The molecule has 0 atom stereocenters. The summed E-state index contributed by atoms with van der Waals surface area (Å²) in [7, 11) is 0.